The highest BCUT2D eigenvalue weighted by Gasteiger charge is 2.43. The standard InChI is InChI=1S/C13H17NO4S/c1-9-2-5-12(18-9)13(15)14(10-3-4-10)11-6-7-19(16,17)8-11/h2,5,10-11H,3-4,6-8H2,1H3. The van der Waals surface area contributed by atoms with Gasteiger partial charge in [0.15, 0.2) is 15.6 Å². The summed E-state index contributed by atoms with van der Waals surface area (Å²) in [5.41, 5.74) is 0. The first-order chi connectivity index (χ1) is 8.96. The van der Waals surface area contributed by atoms with Crippen LogP contribution in [0.25, 0.3) is 0 Å². The van der Waals surface area contributed by atoms with Gasteiger partial charge in [-0.2, -0.15) is 0 Å². The van der Waals surface area contributed by atoms with Gasteiger partial charge in [0.1, 0.15) is 5.76 Å². The zero-order chi connectivity index (χ0) is 13.6. The summed E-state index contributed by atoms with van der Waals surface area (Å²) in [6, 6.07) is 3.42. The van der Waals surface area contributed by atoms with Crippen molar-refractivity contribution >= 4 is 15.7 Å². The number of furan rings is 1. The number of sulfone groups is 1. The molecule has 1 aliphatic carbocycles. The summed E-state index contributed by atoms with van der Waals surface area (Å²) in [4.78, 5) is 14.2. The van der Waals surface area contributed by atoms with Gasteiger partial charge in [0.2, 0.25) is 0 Å². The van der Waals surface area contributed by atoms with Gasteiger partial charge in [0.05, 0.1) is 11.5 Å². The number of hydrogen-bond acceptors (Lipinski definition) is 4. The van der Waals surface area contributed by atoms with Crippen molar-refractivity contribution < 1.29 is 17.6 Å². The van der Waals surface area contributed by atoms with Crippen LogP contribution in [0.3, 0.4) is 0 Å². The molecule has 1 aromatic rings. The summed E-state index contributed by atoms with van der Waals surface area (Å²) in [7, 11) is -2.98. The monoisotopic (exact) mass is 283 g/mol. The molecule has 0 bridgehead atoms. The van der Waals surface area contributed by atoms with E-state index in [0.29, 0.717) is 17.9 Å². The van der Waals surface area contributed by atoms with Crippen molar-refractivity contribution in [1.82, 2.24) is 4.90 Å². The fourth-order valence-electron chi connectivity index (χ4n) is 2.65. The number of nitrogens with zero attached hydrogens (tertiary/aromatic N) is 1. The van der Waals surface area contributed by atoms with E-state index in [1.807, 2.05) is 0 Å². The first kappa shape index (κ1) is 12.7. The summed E-state index contributed by atoms with van der Waals surface area (Å²) in [6.07, 6.45) is 2.47. The molecule has 0 aromatic carbocycles. The van der Waals surface area contributed by atoms with E-state index in [-0.39, 0.29) is 29.5 Å². The molecule has 1 unspecified atom stereocenters. The van der Waals surface area contributed by atoms with Crippen molar-refractivity contribution in [2.45, 2.75) is 38.3 Å². The zero-order valence-corrected chi connectivity index (χ0v) is 11.6. The Morgan fingerprint density at radius 2 is 2.00 bits per heavy atom. The summed E-state index contributed by atoms with van der Waals surface area (Å²) in [6.45, 7) is 1.79. The van der Waals surface area contributed by atoms with E-state index in [1.165, 1.54) is 0 Å². The third kappa shape index (κ3) is 2.54. The highest BCUT2D eigenvalue weighted by atomic mass is 32.2. The topological polar surface area (TPSA) is 67.6 Å². The van der Waals surface area contributed by atoms with Crippen LogP contribution in [-0.4, -0.2) is 42.8 Å². The molecule has 1 saturated carbocycles. The molecule has 6 heteroatoms. The minimum Gasteiger partial charge on any atom is -0.456 e. The molecule has 0 radical (unpaired) electrons. The molecule has 1 saturated heterocycles. The van der Waals surface area contributed by atoms with Crippen LogP contribution in [0.15, 0.2) is 16.5 Å². The fourth-order valence-corrected chi connectivity index (χ4v) is 4.37. The van der Waals surface area contributed by atoms with Gasteiger partial charge in [-0.05, 0) is 38.3 Å². The van der Waals surface area contributed by atoms with Crippen LogP contribution in [0.2, 0.25) is 0 Å². The number of carbonyl (C=O) groups is 1. The predicted octanol–water partition coefficient (Wildman–Crippen LogP) is 1.38. The van der Waals surface area contributed by atoms with E-state index in [2.05, 4.69) is 0 Å². The van der Waals surface area contributed by atoms with Crippen molar-refractivity contribution in [2.75, 3.05) is 11.5 Å². The molecular weight excluding hydrogens is 266 g/mol. The van der Waals surface area contributed by atoms with E-state index in [1.54, 1.807) is 24.0 Å². The smallest absolute Gasteiger partial charge is 0.290 e. The van der Waals surface area contributed by atoms with Crippen molar-refractivity contribution in [3.8, 4) is 0 Å². The van der Waals surface area contributed by atoms with Gasteiger partial charge < -0.3 is 9.32 Å². The molecule has 2 aliphatic rings. The molecular formula is C13H17NO4S. The second-order valence-electron chi connectivity index (χ2n) is 5.41. The summed E-state index contributed by atoms with van der Waals surface area (Å²) in [5, 5.41) is 0. The average molecular weight is 283 g/mol. The lowest BCUT2D eigenvalue weighted by molar-refractivity contribution is 0.0646. The van der Waals surface area contributed by atoms with Crippen molar-refractivity contribution in [2.24, 2.45) is 0 Å². The van der Waals surface area contributed by atoms with Crippen LogP contribution in [0, 0.1) is 6.92 Å². The molecule has 2 heterocycles. The second-order valence-corrected chi connectivity index (χ2v) is 7.64. The van der Waals surface area contributed by atoms with Crippen LogP contribution in [0.4, 0.5) is 0 Å². The first-order valence-electron chi connectivity index (χ1n) is 6.56. The normalized spacial score (nSPS) is 25.4. The molecule has 1 aromatic heterocycles. The lowest BCUT2D eigenvalue weighted by Gasteiger charge is -2.27. The zero-order valence-electron chi connectivity index (χ0n) is 10.8. The van der Waals surface area contributed by atoms with E-state index in [9.17, 15) is 13.2 Å². The maximum absolute atomic E-state index is 12.5. The van der Waals surface area contributed by atoms with Gasteiger partial charge in [0, 0.05) is 12.1 Å². The highest BCUT2D eigenvalue weighted by Crippen LogP contribution is 2.33. The average Bonchev–Trinajstić information content (AvgIpc) is 2.96. The minimum atomic E-state index is -2.98. The number of carbonyl (C=O) groups excluding carboxylic acids is 1. The molecule has 5 nitrogen and oxygen atoms in total. The molecule has 0 spiro atoms. The van der Waals surface area contributed by atoms with Crippen molar-refractivity contribution in [1.29, 1.82) is 0 Å². The lowest BCUT2D eigenvalue weighted by atomic mass is 10.2. The van der Waals surface area contributed by atoms with Gasteiger partial charge in [-0.3, -0.25) is 4.79 Å². The molecule has 2 fully saturated rings. The molecule has 1 amide bonds. The van der Waals surface area contributed by atoms with Crippen LogP contribution in [0.1, 0.15) is 35.6 Å². The fraction of sp³-hybridized carbons (Fsp3) is 0.615. The van der Waals surface area contributed by atoms with Crippen LogP contribution < -0.4 is 0 Å². The lowest BCUT2D eigenvalue weighted by Crippen LogP contribution is -2.42. The third-order valence-corrected chi connectivity index (χ3v) is 5.48. The Morgan fingerprint density at radius 1 is 1.26 bits per heavy atom. The van der Waals surface area contributed by atoms with Gasteiger partial charge in [-0.1, -0.05) is 0 Å². The Hall–Kier alpha value is -1.30. The SMILES string of the molecule is Cc1ccc(C(=O)N(C2CC2)C2CCS(=O)(=O)C2)o1. The Kier molecular flexibility index (Phi) is 2.92. The molecule has 1 atom stereocenters. The summed E-state index contributed by atoms with van der Waals surface area (Å²) < 4.78 is 28.6. The summed E-state index contributed by atoms with van der Waals surface area (Å²) >= 11 is 0. The second kappa shape index (κ2) is 4.37. The van der Waals surface area contributed by atoms with Gasteiger partial charge in [-0.15, -0.1) is 0 Å². The van der Waals surface area contributed by atoms with Crippen molar-refractivity contribution in [3.05, 3.63) is 23.7 Å². The highest BCUT2D eigenvalue weighted by molar-refractivity contribution is 7.91. The number of hydrogen-bond donors (Lipinski definition) is 0. The number of rotatable bonds is 3. The summed E-state index contributed by atoms with van der Waals surface area (Å²) in [5.74, 6) is 1.12. The van der Waals surface area contributed by atoms with E-state index in [0.717, 1.165) is 12.8 Å². The number of amides is 1. The quantitative estimate of drug-likeness (QED) is 0.840. The molecule has 104 valence electrons. The van der Waals surface area contributed by atoms with Gasteiger partial charge >= 0.3 is 0 Å². The van der Waals surface area contributed by atoms with E-state index in [4.69, 9.17) is 4.42 Å². The maximum Gasteiger partial charge on any atom is 0.290 e. The van der Waals surface area contributed by atoms with E-state index >= 15 is 0 Å². The molecule has 19 heavy (non-hydrogen) atoms. The largest absolute Gasteiger partial charge is 0.456 e. The minimum absolute atomic E-state index is 0.0922. The third-order valence-electron chi connectivity index (χ3n) is 3.73. The predicted molar refractivity (Wildman–Crippen MR) is 69.7 cm³/mol. The Balaban J connectivity index is 1.84. The maximum atomic E-state index is 12.5. The Bertz CT molecular complexity index is 600. The van der Waals surface area contributed by atoms with Gasteiger partial charge in [-0.25, -0.2) is 8.42 Å². The first-order valence-corrected chi connectivity index (χ1v) is 8.38. The number of aryl methyl sites for hydroxylation is 1. The van der Waals surface area contributed by atoms with Gasteiger partial charge in [0.25, 0.3) is 5.91 Å². The van der Waals surface area contributed by atoms with Crippen molar-refractivity contribution in [3.63, 3.8) is 0 Å². The van der Waals surface area contributed by atoms with Crippen LogP contribution in [-0.2, 0) is 9.84 Å². The van der Waals surface area contributed by atoms with E-state index < -0.39 is 9.84 Å². The van der Waals surface area contributed by atoms with Crippen LogP contribution >= 0.6 is 0 Å². The molecule has 3 rings (SSSR count). The Morgan fingerprint density at radius 3 is 2.47 bits per heavy atom. The molecule has 0 N–H and O–H groups in total. The Labute approximate surface area is 112 Å². The van der Waals surface area contributed by atoms with Crippen LogP contribution in [0.5, 0.6) is 0 Å². The molecule has 1 aliphatic heterocycles.